The summed E-state index contributed by atoms with van der Waals surface area (Å²) in [5.41, 5.74) is 3.49. The Balaban J connectivity index is 1.55. The summed E-state index contributed by atoms with van der Waals surface area (Å²) in [6.45, 7) is 0. The lowest BCUT2D eigenvalue weighted by Crippen LogP contribution is -2.12. The molecule has 0 bridgehead atoms. The number of amides is 1. The van der Waals surface area contributed by atoms with Crippen molar-refractivity contribution in [1.29, 1.82) is 0 Å². The van der Waals surface area contributed by atoms with Crippen LogP contribution in [0.4, 0.5) is 5.69 Å². The highest BCUT2D eigenvalue weighted by Crippen LogP contribution is 2.29. The standard InChI is InChI=1S/C23H19Cl2N3O3/c1-30-20-8-3-13(9-21(20)31-2)10-22-26-17-7-4-14(11-19(17)27-22)23(29)28-18-12-15(24)5-6-16(18)25/h3-9,11-12H,10H2,1-2H3,(H,26,27)(H,28,29). The topological polar surface area (TPSA) is 76.2 Å². The number of aromatic nitrogens is 2. The van der Waals surface area contributed by atoms with Crippen LogP contribution in [-0.4, -0.2) is 30.1 Å². The lowest BCUT2D eigenvalue weighted by atomic mass is 10.1. The van der Waals surface area contributed by atoms with Crippen molar-refractivity contribution in [2.45, 2.75) is 6.42 Å². The number of methoxy groups -OCH3 is 2. The first-order valence-electron chi connectivity index (χ1n) is 9.43. The molecule has 0 radical (unpaired) electrons. The maximum atomic E-state index is 12.7. The summed E-state index contributed by atoms with van der Waals surface area (Å²) < 4.78 is 10.6. The first-order valence-corrected chi connectivity index (χ1v) is 10.2. The maximum absolute atomic E-state index is 12.7. The second kappa shape index (κ2) is 8.88. The van der Waals surface area contributed by atoms with E-state index in [-0.39, 0.29) is 5.91 Å². The molecule has 0 saturated heterocycles. The minimum atomic E-state index is -0.290. The number of aromatic amines is 1. The summed E-state index contributed by atoms with van der Waals surface area (Å²) in [6, 6.07) is 15.9. The van der Waals surface area contributed by atoms with Crippen molar-refractivity contribution in [3.63, 3.8) is 0 Å². The van der Waals surface area contributed by atoms with E-state index in [4.69, 9.17) is 32.7 Å². The molecule has 4 aromatic rings. The van der Waals surface area contributed by atoms with Gasteiger partial charge in [0.25, 0.3) is 5.91 Å². The number of carbonyl (C=O) groups excluding carboxylic acids is 1. The van der Waals surface area contributed by atoms with Crippen LogP contribution in [0.25, 0.3) is 11.0 Å². The zero-order valence-corrected chi connectivity index (χ0v) is 18.3. The molecular weight excluding hydrogens is 437 g/mol. The Hall–Kier alpha value is -3.22. The lowest BCUT2D eigenvalue weighted by Gasteiger charge is -2.08. The zero-order chi connectivity index (χ0) is 22.0. The Morgan fingerprint density at radius 1 is 1.00 bits per heavy atom. The minimum Gasteiger partial charge on any atom is -0.493 e. The van der Waals surface area contributed by atoms with Gasteiger partial charge in [0, 0.05) is 17.0 Å². The van der Waals surface area contributed by atoms with Gasteiger partial charge in [-0.1, -0.05) is 29.3 Å². The van der Waals surface area contributed by atoms with Crippen molar-refractivity contribution in [1.82, 2.24) is 9.97 Å². The van der Waals surface area contributed by atoms with E-state index in [0.29, 0.717) is 39.2 Å². The fourth-order valence-electron chi connectivity index (χ4n) is 3.26. The Kier molecular flexibility index (Phi) is 6.02. The molecule has 1 heterocycles. The number of halogens is 2. The van der Waals surface area contributed by atoms with Gasteiger partial charge in [-0.3, -0.25) is 4.79 Å². The fourth-order valence-corrected chi connectivity index (χ4v) is 3.60. The summed E-state index contributed by atoms with van der Waals surface area (Å²) >= 11 is 12.1. The number of nitrogens with one attached hydrogen (secondary N) is 2. The molecule has 4 rings (SSSR count). The molecule has 0 spiro atoms. The van der Waals surface area contributed by atoms with Gasteiger partial charge < -0.3 is 19.8 Å². The molecule has 3 aromatic carbocycles. The smallest absolute Gasteiger partial charge is 0.255 e. The molecule has 8 heteroatoms. The largest absolute Gasteiger partial charge is 0.493 e. The number of benzene rings is 3. The number of imidazole rings is 1. The number of rotatable bonds is 6. The third-order valence-corrected chi connectivity index (χ3v) is 5.35. The number of anilines is 1. The molecule has 0 saturated carbocycles. The summed E-state index contributed by atoms with van der Waals surface area (Å²) in [7, 11) is 3.21. The van der Waals surface area contributed by atoms with E-state index < -0.39 is 0 Å². The molecule has 1 aromatic heterocycles. The average Bonchev–Trinajstić information content (AvgIpc) is 3.17. The van der Waals surface area contributed by atoms with Gasteiger partial charge in [-0.15, -0.1) is 0 Å². The Bertz CT molecular complexity index is 1270. The number of ether oxygens (including phenoxy) is 2. The second-order valence-corrected chi connectivity index (χ2v) is 7.70. The molecular formula is C23H19Cl2N3O3. The van der Waals surface area contributed by atoms with Gasteiger partial charge in [0.2, 0.25) is 0 Å². The predicted molar refractivity (Wildman–Crippen MR) is 123 cm³/mol. The van der Waals surface area contributed by atoms with E-state index in [1.807, 2.05) is 18.2 Å². The molecule has 31 heavy (non-hydrogen) atoms. The summed E-state index contributed by atoms with van der Waals surface area (Å²) in [4.78, 5) is 20.6. The van der Waals surface area contributed by atoms with Crippen LogP contribution in [-0.2, 0) is 6.42 Å². The van der Waals surface area contributed by atoms with E-state index in [2.05, 4.69) is 15.3 Å². The molecule has 0 aliphatic carbocycles. The number of H-pyrrole nitrogens is 1. The summed E-state index contributed by atoms with van der Waals surface area (Å²) in [5.74, 6) is 1.82. The number of fused-ring (bicyclic) bond motifs is 1. The fraction of sp³-hybridized carbons (Fsp3) is 0.130. The maximum Gasteiger partial charge on any atom is 0.255 e. The van der Waals surface area contributed by atoms with Crippen LogP contribution in [0, 0.1) is 0 Å². The lowest BCUT2D eigenvalue weighted by molar-refractivity contribution is 0.102. The number of hydrogen-bond donors (Lipinski definition) is 2. The first-order chi connectivity index (χ1) is 15.0. The van der Waals surface area contributed by atoms with Gasteiger partial charge in [-0.05, 0) is 54.1 Å². The third-order valence-electron chi connectivity index (χ3n) is 4.79. The Morgan fingerprint density at radius 2 is 1.81 bits per heavy atom. The van der Waals surface area contributed by atoms with Gasteiger partial charge in [0.05, 0.1) is 36.0 Å². The van der Waals surface area contributed by atoms with E-state index in [1.165, 1.54) is 0 Å². The highest BCUT2D eigenvalue weighted by Gasteiger charge is 2.12. The molecule has 1 amide bonds. The molecule has 0 unspecified atom stereocenters. The van der Waals surface area contributed by atoms with E-state index >= 15 is 0 Å². The second-order valence-electron chi connectivity index (χ2n) is 6.86. The van der Waals surface area contributed by atoms with E-state index in [9.17, 15) is 4.79 Å². The van der Waals surface area contributed by atoms with Crippen LogP contribution < -0.4 is 14.8 Å². The normalized spacial score (nSPS) is 10.8. The van der Waals surface area contributed by atoms with Crippen LogP contribution in [0.1, 0.15) is 21.7 Å². The monoisotopic (exact) mass is 455 g/mol. The zero-order valence-electron chi connectivity index (χ0n) is 16.8. The Morgan fingerprint density at radius 3 is 2.58 bits per heavy atom. The van der Waals surface area contributed by atoms with E-state index in [1.54, 1.807) is 50.6 Å². The summed E-state index contributed by atoms with van der Waals surface area (Å²) in [6.07, 6.45) is 0.578. The third kappa shape index (κ3) is 4.60. The van der Waals surface area contributed by atoms with Crippen molar-refractivity contribution in [2.75, 3.05) is 19.5 Å². The first kappa shape index (κ1) is 21.0. The van der Waals surface area contributed by atoms with Crippen LogP contribution in [0.3, 0.4) is 0 Å². The van der Waals surface area contributed by atoms with Crippen LogP contribution in [0.15, 0.2) is 54.6 Å². The highest BCUT2D eigenvalue weighted by molar-refractivity contribution is 6.35. The van der Waals surface area contributed by atoms with Crippen LogP contribution in [0.2, 0.25) is 10.0 Å². The average molecular weight is 456 g/mol. The van der Waals surface area contributed by atoms with Crippen molar-refractivity contribution >= 4 is 45.8 Å². The SMILES string of the molecule is COc1ccc(Cc2nc3ccc(C(=O)Nc4cc(Cl)ccc4Cl)cc3[nH]2)cc1OC. The molecule has 0 aliphatic heterocycles. The van der Waals surface area contributed by atoms with Crippen molar-refractivity contribution < 1.29 is 14.3 Å². The molecule has 158 valence electrons. The molecule has 6 nitrogen and oxygen atoms in total. The van der Waals surface area contributed by atoms with Gasteiger partial charge in [-0.2, -0.15) is 0 Å². The van der Waals surface area contributed by atoms with Gasteiger partial charge in [0.1, 0.15) is 5.82 Å². The molecule has 0 aliphatic rings. The number of nitrogens with zero attached hydrogens (tertiary/aromatic N) is 1. The van der Waals surface area contributed by atoms with Crippen molar-refractivity contribution in [3.05, 3.63) is 81.6 Å². The molecule has 0 fully saturated rings. The highest BCUT2D eigenvalue weighted by atomic mass is 35.5. The number of carbonyl (C=O) groups is 1. The van der Waals surface area contributed by atoms with E-state index in [0.717, 1.165) is 22.4 Å². The van der Waals surface area contributed by atoms with Crippen LogP contribution >= 0.6 is 23.2 Å². The molecule has 0 atom stereocenters. The predicted octanol–water partition coefficient (Wildman–Crippen LogP) is 5.73. The van der Waals surface area contributed by atoms with Crippen molar-refractivity contribution in [3.8, 4) is 11.5 Å². The van der Waals surface area contributed by atoms with Gasteiger partial charge in [0.15, 0.2) is 11.5 Å². The van der Waals surface area contributed by atoms with Gasteiger partial charge in [-0.25, -0.2) is 4.98 Å². The summed E-state index contributed by atoms with van der Waals surface area (Å²) in [5, 5.41) is 3.69. The Labute approximate surface area is 189 Å². The minimum absolute atomic E-state index is 0.290. The van der Waals surface area contributed by atoms with Crippen molar-refractivity contribution in [2.24, 2.45) is 0 Å². The molecule has 2 N–H and O–H groups in total. The quantitative estimate of drug-likeness (QED) is 0.389. The van der Waals surface area contributed by atoms with Crippen LogP contribution in [0.5, 0.6) is 11.5 Å². The van der Waals surface area contributed by atoms with Gasteiger partial charge >= 0.3 is 0 Å². The number of hydrogen-bond acceptors (Lipinski definition) is 4.